The number of nitrogens with one attached hydrogen (secondary N) is 1. The van der Waals surface area contributed by atoms with Crippen molar-refractivity contribution in [2.75, 3.05) is 19.6 Å². The second-order valence-electron chi connectivity index (χ2n) is 5.04. The highest BCUT2D eigenvalue weighted by Crippen LogP contribution is 2.19. The molecule has 0 aliphatic carbocycles. The molecule has 5 heteroatoms. The Bertz CT molecular complexity index is 273. The van der Waals surface area contributed by atoms with E-state index in [9.17, 15) is 9.59 Å². The van der Waals surface area contributed by atoms with E-state index in [1.54, 1.807) is 0 Å². The van der Waals surface area contributed by atoms with Gasteiger partial charge in [-0.1, -0.05) is 19.8 Å². The number of urea groups is 1. The summed E-state index contributed by atoms with van der Waals surface area (Å²) in [6.07, 6.45) is 5.57. The molecule has 5 nitrogen and oxygen atoms in total. The number of rotatable bonds is 6. The minimum absolute atomic E-state index is 0.0311. The van der Waals surface area contributed by atoms with Gasteiger partial charge in [-0.3, -0.25) is 4.79 Å². The number of hydrogen-bond donors (Lipinski definition) is 2. The van der Waals surface area contributed by atoms with E-state index in [2.05, 4.69) is 12.2 Å². The van der Waals surface area contributed by atoms with Crippen molar-refractivity contribution in [3.8, 4) is 0 Å². The third-order valence-electron chi connectivity index (χ3n) is 3.45. The lowest BCUT2D eigenvalue weighted by atomic mass is 9.93. The second kappa shape index (κ2) is 7.95. The van der Waals surface area contributed by atoms with Crippen molar-refractivity contribution in [3.05, 3.63) is 0 Å². The predicted molar refractivity (Wildman–Crippen MR) is 71.0 cm³/mol. The first-order valence-corrected chi connectivity index (χ1v) is 6.94. The zero-order valence-corrected chi connectivity index (χ0v) is 11.3. The molecule has 1 aliphatic rings. The summed E-state index contributed by atoms with van der Waals surface area (Å²) in [4.78, 5) is 24.5. The maximum atomic E-state index is 11.8. The number of hydrogen-bond acceptors (Lipinski definition) is 2. The van der Waals surface area contributed by atoms with Crippen LogP contribution in [0.1, 0.15) is 45.4 Å². The zero-order valence-electron chi connectivity index (χ0n) is 11.3. The number of amides is 3. The van der Waals surface area contributed by atoms with Gasteiger partial charge < -0.3 is 16.0 Å². The first-order chi connectivity index (χ1) is 8.63. The van der Waals surface area contributed by atoms with Gasteiger partial charge in [0.15, 0.2) is 0 Å². The van der Waals surface area contributed by atoms with Crippen LogP contribution in [0.5, 0.6) is 0 Å². The Morgan fingerprint density at radius 3 is 2.50 bits per heavy atom. The van der Waals surface area contributed by atoms with Crippen LogP contribution < -0.4 is 11.1 Å². The lowest BCUT2D eigenvalue weighted by molar-refractivity contribution is -0.119. The van der Waals surface area contributed by atoms with E-state index in [4.69, 9.17) is 5.73 Å². The highest BCUT2D eigenvalue weighted by atomic mass is 16.2. The van der Waals surface area contributed by atoms with Crippen molar-refractivity contribution in [1.82, 2.24) is 10.2 Å². The maximum absolute atomic E-state index is 11.8. The van der Waals surface area contributed by atoms with E-state index in [0.717, 1.165) is 51.7 Å². The molecule has 0 aromatic rings. The predicted octanol–water partition coefficient (Wildman–Crippen LogP) is 1.47. The smallest absolute Gasteiger partial charge is 0.317 e. The quantitative estimate of drug-likeness (QED) is 0.705. The molecule has 0 saturated carbocycles. The molecule has 1 heterocycles. The molecule has 0 bridgehead atoms. The Hall–Kier alpha value is -1.26. The molecule has 1 saturated heterocycles. The molecular formula is C13H25N3O2. The summed E-state index contributed by atoms with van der Waals surface area (Å²) in [6.45, 7) is 4.37. The largest absolute Gasteiger partial charge is 0.370 e. The van der Waals surface area contributed by atoms with Gasteiger partial charge in [-0.15, -0.1) is 0 Å². The molecule has 0 aromatic heterocycles. The minimum Gasteiger partial charge on any atom is -0.370 e. The highest BCUT2D eigenvalue weighted by Gasteiger charge is 2.23. The molecule has 104 valence electrons. The van der Waals surface area contributed by atoms with E-state index in [1.807, 2.05) is 4.90 Å². The molecule has 1 aliphatic heterocycles. The Morgan fingerprint density at radius 1 is 1.28 bits per heavy atom. The van der Waals surface area contributed by atoms with Crippen LogP contribution in [0.3, 0.4) is 0 Å². The van der Waals surface area contributed by atoms with Crippen molar-refractivity contribution < 1.29 is 9.59 Å². The van der Waals surface area contributed by atoms with E-state index < -0.39 is 0 Å². The normalized spacial score (nSPS) is 16.6. The van der Waals surface area contributed by atoms with E-state index in [1.165, 1.54) is 0 Å². The van der Waals surface area contributed by atoms with Crippen molar-refractivity contribution >= 4 is 11.9 Å². The topological polar surface area (TPSA) is 75.4 Å². The van der Waals surface area contributed by atoms with Gasteiger partial charge in [-0.2, -0.15) is 0 Å². The summed E-state index contributed by atoms with van der Waals surface area (Å²) >= 11 is 0. The molecule has 3 N–H and O–H groups in total. The Morgan fingerprint density at radius 2 is 1.94 bits per heavy atom. The number of piperidine rings is 1. The molecule has 0 unspecified atom stereocenters. The van der Waals surface area contributed by atoms with Crippen molar-refractivity contribution in [2.45, 2.75) is 45.4 Å². The van der Waals surface area contributed by atoms with Crippen LogP contribution in [-0.4, -0.2) is 36.5 Å². The number of carbonyl (C=O) groups is 2. The van der Waals surface area contributed by atoms with Gasteiger partial charge in [0.05, 0.1) is 0 Å². The van der Waals surface area contributed by atoms with Gasteiger partial charge in [0.1, 0.15) is 0 Å². The standard InChI is InChI=1S/C13H25N3O2/c1-2-3-4-7-15-13(18)16-8-5-11(6-9-16)10-12(14)17/h11H,2-10H2,1H3,(H2,14,17)(H,15,18). The van der Waals surface area contributed by atoms with Crippen LogP contribution in [0.4, 0.5) is 4.79 Å². The second-order valence-corrected chi connectivity index (χ2v) is 5.04. The Balaban J connectivity index is 2.17. The lowest BCUT2D eigenvalue weighted by Gasteiger charge is -2.31. The number of carbonyl (C=O) groups excluding carboxylic acids is 2. The summed E-state index contributed by atoms with van der Waals surface area (Å²) in [5.74, 6) is 0.115. The van der Waals surface area contributed by atoms with Gasteiger partial charge >= 0.3 is 6.03 Å². The van der Waals surface area contributed by atoms with Gasteiger partial charge in [0.25, 0.3) is 0 Å². The number of likely N-dealkylation sites (tertiary alicyclic amines) is 1. The molecule has 0 radical (unpaired) electrons. The van der Waals surface area contributed by atoms with Gasteiger partial charge in [0, 0.05) is 26.1 Å². The molecule has 0 atom stereocenters. The fourth-order valence-corrected chi connectivity index (χ4v) is 2.31. The number of primary amides is 1. The van der Waals surface area contributed by atoms with E-state index >= 15 is 0 Å². The van der Waals surface area contributed by atoms with Gasteiger partial charge in [-0.25, -0.2) is 4.79 Å². The third kappa shape index (κ3) is 5.38. The van der Waals surface area contributed by atoms with E-state index in [-0.39, 0.29) is 11.9 Å². The van der Waals surface area contributed by atoms with Crippen molar-refractivity contribution in [1.29, 1.82) is 0 Å². The molecular weight excluding hydrogens is 230 g/mol. The van der Waals surface area contributed by atoms with Crippen LogP contribution in [0, 0.1) is 5.92 Å². The molecule has 0 spiro atoms. The zero-order chi connectivity index (χ0) is 13.4. The first-order valence-electron chi connectivity index (χ1n) is 6.94. The van der Waals surface area contributed by atoms with Gasteiger partial charge in [-0.05, 0) is 25.2 Å². The SMILES string of the molecule is CCCCCNC(=O)N1CCC(CC(N)=O)CC1. The lowest BCUT2D eigenvalue weighted by Crippen LogP contribution is -2.45. The molecule has 0 aromatic carbocycles. The fraction of sp³-hybridized carbons (Fsp3) is 0.846. The average molecular weight is 255 g/mol. The van der Waals surface area contributed by atoms with Gasteiger partial charge in [0.2, 0.25) is 5.91 Å². The van der Waals surface area contributed by atoms with Crippen LogP contribution >= 0.6 is 0 Å². The summed E-state index contributed by atoms with van der Waals surface area (Å²) < 4.78 is 0. The summed E-state index contributed by atoms with van der Waals surface area (Å²) in [7, 11) is 0. The Labute approximate surface area is 109 Å². The highest BCUT2D eigenvalue weighted by molar-refractivity contribution is 5.75. The molecule has 18 heavy (non-hydrogen) atoms. The van der Waals surface area contributed by atoms with Crippen LogP contribution in [0.2, 0.25) is 0 Å². The van der Waals surface area contributed by atoms with Crippen LogP contribution in [-0.2, 0) is 4.79 Å². The fourth-order valence-electron chi connectivity index (χ4n) is 2.31. The third-order valence-corrected chi connectivity index (χ3v) is 3.45. The number of nitrogens with two attached hydrogens (primary N) is 1. The monoisotopic (exact) mass is 255 g/mol. The van der Waals surface area contributed by atoms with Crippen molar-refractivity contribution in [2.24, 2.45) is 11.7 Å². The Kier molecular flexibility index (Phi) is 6.54. The summed E-state index contributed by atoms with van der Waals surface area (Å²) in [6, 6.07) is 0.0311. The van der Waals surface area contributed by atoms with E-state index in [0.29, 0.717) is 12.3 Å². The number of unbranched alkanes of at least 4 members (excludes halogenated alkanes) is 2. The minimum atomic E-state index is -0.238. The summed E-state index contributed by atoms with van der Waals surface area (Å²) in [5.41, 5.74) is 5.18. The van der Waals surface area contributed by atoms with Crippen molar-refractivity contribution in [3.63, 3.8) is 0 Å². The average Bonchev–Trinajstić information content (AvgIpc) is 2.34. The summed E-state index contributed by atoms with van der Waals surface area (Å²) in [5, 5.41) is 2.94. The number of nitrogens with zero attached hydrogens (tertiary/aromatic N) is 1. The maximum Gasteiger partial charge on any atom is 0.317 e. The molecule has 1 rings (SSSR count). The molecule has 3 amide bonds. The van der Waals surface area contributed by atoms with Crippen LogP contribution in [0.25, 0.3) is 0 Å². The first kappa shape index (κ1) is 14.8. The van der Waals surface area contributed by atoms with Crippen LogP contribution in [0.15, 0.2) is 0 Å². The molecule has 1 fully saturated rings.